The smallest absolute Gasteiger partial charge is 0.248 e. The summed E-state index contributed by atoms with van der Waals surface area (Å²) in [6.45, 7) is 3.51. The van der Waals surface area contributed by atoms with Gasteiger partial charge in [0.1, 0.15) is 0 Å². The number of rotatable bonds is 6. The van der Waals surface area contributed by atoms with Gasteiger partial charge in [-0.15, -0.1) is 0 Å². The zero-order valence-corrected chi connectivity index (χ0v) is 9.03. The number of primary amides is 1. The van der Waals surface area contributed by atoms with E-state index in [9.17, 15) is 4.79 Å². The number of amides is 1. The van der Waals surface area contributed by atoms with Gasteiger partial charge in [-0.25, -0.2) is 0 Å². The fourth-order valence-corrected chi connectivity index (χ4v) is 1.20. The number of nitrogens with two attached hydrogens (primary N) is 1. The van der Waals surface area contributed by atoms with Gasteiger partial charge in [0.15, 0.2) is 0 Å². The highest BCUT2D eigenvalue weighted by atomic mass is 16.5. The molecule has 0 atom stereocenters. The average Bonchev–Trinajstić information content (AvgIpc) is 2.25. The van der Waals surface area contributed by atoms with Crippen LogP contribution in [-0.2, 0) is 11.3 Å². The predicted molar refractivity (Wildman–Crippen MR) is 59.5 cm³/mol. The normalized spacial score (nSPS) is 10.2. The number of benzene rings is 1. The summed E-state index contributed by atoms with van der Waals surface area (Å²) in [6, 6.07) is 7.18. The molecule has 0 saturated carbocycles. The molecule has 0 heterocycles. The predicted octanol–water partition coefficient (Wildman–Crippen LogP) is 2.10. The molecule has 0 aliphatic rings. The maximum Gasteiger partial charge on any atom is 0.248 e. The van der Waals surface area contributed by atoms with Crippen molar-refractivity contribution >= 4 is 5.91 Å². The first kappa shape index (κ1) is 11.7. The van der Waals surface area contributed by atoms with Crippen LogP contribution in [0.5, 0.6) is 0 Å². The van der Waals surface area contributed by atoms with Crippen LogP contribution in [0.4, 0.5) is 0 Å². The molecule has 0 radical (unpaired) electrons. The minimum absolute atomic E-state index is 0.395. The van der Waals surface area contributed by atoms with Crippen LogP contribution in [0.15, 0.2) is 24.3 Å². The van der Waals surface area contributed by atoms with Gasteiger partial charge in [0.2, 0.25) is 5.91 Å². The molecule has 2 N–H and O–H groups in total. The number of hydrogen-bond donors (Lipinski definition) is 1. The van der Waals surface area contributed by atoms with Crippen molar-refractivity contribution in [1.82, 2.24) is 0 Å². The van der Waals surface area contributed by atoms with E-state index in [-0.39, 0.29) is 0 Å². The summed E-state index contributed by atoms with van der Waals surface area (Å²) in [7, 11) is 0. The highest BCUT2D eigenvalue weighted by molar-refractivity contribution is 5.92. The van der Waals surface area contributed by atoms with Crippen LogP contribution in [-0.4, -0.2) is 12.5 Å². The van der Waals surface area contributed by atoms with E-state index in [0.29, 0.717) is 12.2 Å². The third-order valence-electron chi connectivity index (χ3n) is 2.15. The van der Waals surface area contributed by atoms with Crippen LogP contribution in [0.3, 0.4) is 0 Å². The molecule has 0 fully saturated rings. The Kier molecular flexibility index (Phi) is 4.84. The Hall–Kier alpha value is -1.35. The third kappa shape index (κ3) is 4.13. The SMILES string of the molecule is CCCCOCc1ccc(C(N)=O)cc1. The Morgan fingerprint density at radius 1 is 1.33 bits per heavy atom. The van der Waals surface area contributed by atoms with Gasteiger partial charge in [-0.05, 0) is 24.1 Å². The van der Waals surface area contributed by atoms with E-state index in [2.05, 4.69) is 6.92 Å². The Labute approximate surface area is 90.2 Å². The van der Waals surface area contributed by atoms with Crippen molar-refractivity contribution < 1.29 is 9.53 Å². The Morgan fingerprint density at radius 2 is 2.00 bits per heavy atom. The van der Waals surface area contributed by atoms with E-state index in [4.69, 9.17) is 10.5 Å². The maximum absolute atomic E-state index is 10.8. The Balaban J connectivity index is 2.39. The second kappa shape index (κ2) is 6.19. The van der Waals surface area contributed by atoms with E-state index < -0.39 is 5.91 Å². The van der Waals surface area contributed by atoms with Crippen LogP contribution in [0.2, 0.25) is 0 Å². The fraction of sp³-hybridized carbons (Fsp3) is 0.417. The second-order valence-electron chi connectivity index (χ2n) is 3.47. The molecule has 0 aliphatic carbocycles. The van der Waals surface area contributed by atoms with Gasteiger partial charge in [-0.3, -0.25) is 4.79 Å². The molecule has 1 rings (SSSR count). The van der Waals surface area contributed by atoms with Crippen molar-refractivity contribution in [3.8, 4) is 0 Å². The summed E-state index contributed by atoms with van der Waals surface area (Å²) in [6.07, 6.45) is 2.22. The average molecular weight is 207 g/mol. The molecule has 0 spiro atoms. The van der Waals surface area contributed by atoms with E-state index in [1.165, 1.54) is 0 Å². The molecule has 15 heavy (non-hydrogen) atoms. The lowest BCUT2D eigenvalue weighted by atomic mass is 10.1. The largest absolute Gasteiger partial charge is 0.377 e. The summed E-state index contributed by atoms with van der Waals surface area (Å²) in [5.74, 6) is -0.395. The Morgan fingerprint density at radius 3 is 2.53 bits per heavy atom. The number of carbonyl (C=O) groups is 1. The molecule has 1 amide bonds. The van der Waals surface area contributed by atoms with Gasteiger partial charge < -0.3 is 10.5 Å². The number of ether oxygens (including phenoxy) is 1. The first-order valence-corrected chi connectivity index (χ1v) is 5.20. The molecule has 0 saturated heterocycles. The molecular weight excluding hydrogens is 190 g/mol. The minimum atomic E-state index is -0.395. The van der Waals surface area contributed by atoms with Gasteiger partial charge in [-0.2, -0.15) is 0 Å². The summed E-state index contributed by atoms with van der Waals surface area (Å²) < 4.78 is 5.44. The number of carbonyl (C=O) groups excluding carboxylic acids is 1. The molecule has 3 nitrogen and oxygen atoms in total. The molecule has 0 aliphatic heterocycles. The van der Waals surface area contributed by atoms with Crippen molar-refractivity contribution in [3.05, 3.63) is 35.4 Å². The van der Waals surface area contributed by atoms with Crippen LogP contribution >= 0.6 is 0 Å². The minimum Gasteiger partial charge on any atom is -0.377 e. The van der Waals surface area contributed by atoms with Gasteiger partial charge in [-0.1, -0.05) is 25.5 Å². The molecule has 1 aromatic rings. The van der Waals surface area contributed by atoms with E-state index in [1.807, 2.05) is 12.1 Å². The van der Waals surface area contributed by atoms with E-state index in [1.54, 1.807) is 12.1 Å². The fourth-order valence-electron chi connectivity index (χ4n) is 1.20. The van der Waals surface area contributed by atoms with Gasteiger partial charge >= 0.3 is 0 Å². The molecule has 3 heteroatoms. The van der Waals surface area contributed by atoms with Gasteiger partial charge in [0, 0.05) is 12.2 Å². The van der Waals surface area contributed by atoms with E-state index >= 15 is 0 Å². The first-order valence-electron chi connectivity index (χ1n) is 5.20. The molecule has 0 unspecified atom stereocenters. The van der Waals surface area contributed by atoms with Crippen LogP contribution in [0, 0.1) is 0 Å². The molecule has 82 valence electrons. The molecule has 0 bridgehead atoms. The van der Waals surface area contributed by atoms with Gasteiger partial charge in [0.05, 0.1) is 6.61 Å². The monoisotopic (exact) mass is 207 g/mol. The summed E-state index contributed by atoms with van der Waals surface area (Å²) in [5.41, 5.74) is 6.73. The highest BCUT2D eigenvalue weighted by Crippen LogP contribution is 2.05. The topological polar surface area (TPSA) is 52.3 Å². The van der Waals surface area contributed by atoms with Crippen molar-refractivity contribution in [1.29, 1.82) is 0 Å². The molecule has 1 aromatic carbocycles. The van der Waals surface area contributed by atoms with Crippen molar-refractivity contribution in [2.45, 2.75) is 26.4 Å². The Bertz CT molecular complexity index is 306. The van der Waals surface area contributed by atoms with Crippen LogP contribution < -0.4 is 5.73 Å². The van der Waals surface area contributed by atoms with Crippen LogP contribution in [0.25, 0.3) is 0 Å². The summed E-state index contributed by atoms with van der Waals surface area (Å²) >= 11 is 0. The van der Waals surface area contributed by atoms with Crippen molar-refractivity contribution in [2.75, 3.05) is 6.61 Å². The standard InChI is InChI=1S/C12H17NO2/c1-2-3-8-15-9-10-4-6-11(7-5-10)12(13)14/h4-7H,2-3,8-9H2,1H3,(H2,13,14). The summed E-state index contributed by atoms with van der Waals surface area (Å²) in [5, 5.41) is 0. The van der Waals surface area contributed by atoms with Crippen molar-refractivity contribution in [3.63, 3.8) is 0 Å². The lowest BCUT2D eigenvalue weighted by molar-refractivity contribution is 0.0999. The van der Waals surface area contributed by atoms with Crippen molar-refractivity contribution in [2.24, 2.45) is 5.73 Å². The summed E-state index contributed by atoms with van der Waals surface area (Å²) in [4.78, 5) is 10.8. The van der Waals surface area contributed by atoms with Gasteiger partial charge in [0.25, 0.3) is 0 Å². The lowest BCUT2D eigenvalue weighted by Gasteiger charge is -2.03. The first-order chi connectivity index (χ1) is 7.24. The van der Waals surface area contributed by atoms with E-state index in [0.717, 1.165) is 25.0 Å². The zero-order chi connectivity index (χ0) is 11.1. The maximum atomic E-state index is 10.8. The third-order valence-corrected chi connectivity index (χ3v) is 2.15. The number of hydrogen-bond acceptors (Lipinski definition) is 2. The quantitative estimate of drug-likeness (QED) is 0.726. The lowest BCUT2D eigenvalue weighted by Crippen LogP contribution is -2.10. The second-order valence-corrected chi connectivity index (χ2v) is 3.47. The number of unbranched alkanes of at least 4 members (excludes halogenated alkanes) is 1. The molecular formula is C12H17NO2. The highest BCUT2D eigenvalue weighted by Gasteiger charge is 1.99. The molecule has 0 aromatic heterocycles. The van der Waals surface area contributed by atoms with Crippen LogP contribution in [0.1, 0.15) is 35.7 Å². The zero-order valence-electron chi connectivity index (χ0n) is 9.03.